The van der Waals surface area contributed by atoms with Crippen molar-refractivity contribution in [2.45, 2.75) is 57.7 Å². The molecule has 1 saturated heterocycles. The first-order valence-corrected chi connectivity index (χ1v) is 12.7. The Balaban J connectivity index is 1.23. The molecule has 0 spiro atoms. The fourth-order valence-electron chi connectivity index (χ4n) is 5.86. The summed E-state index contributed by atoms with van der Waals surface area (Å²) in [6.45, 7) is 4.74. The number of halogens is 1. The monoisotopic (exact) mass is 480 g/mol. The van der Waals surface area contributed by atoms with Crippen LogP contribution in [-0.2, 0) is 6.54 Å². The number of ketones is 1. The molecule has 0 radical (unpaired) electrons. The zero-order valence-electron chi connectivity index (χ0n) is 20.0. The van der Waals surface area contributed by atoms with Crippen molar-refractivity contribution >= 4 is 28.3 Å². The van der Waals surface area contributed by atoms with Crippen molar-refractivity contribution in [1.82, 2.24) is 9.47 Å². The van der Waals surface area contributed by atoms with Gasteiger partial charge in [0.15, 0.2) is 5.78 Å². The summed E-state index contributed by atoms with van der Waals surface area (Å²) in [6, 6.07) is 14.2. The maximum Gasteiger partial charge on any atom is 0.161 e. The Morgan fingerprint density at radius 3 is 2.68 bits per heavy atom. The fraction of sp³-hybridized carbons (Fsp3) is 0.464. The van der Waals surface area contributed by atoms with Crippen LogP contribution in [0.25, 0.3) is 10.9 Å². The van der Waals surface area contributed by atoms with Gasteiger partial charge in [0.05, 0.1) is 12.6 Å². The number of nitrogens with zero attached hydrogens (tertiary/aromatic N) is 2. The molecule has 3 unspecified atom stereocenters. The molecule has 1 aliphatic heterocycles. The van der Waals surface area contributed by atoms with Crippen LogP contribution >= 0.6 is 11.6 Å². The smallest absolute Gasteiger partial charge is 0.161 e. The number of carbonyl (C=O) groups is 1. The van der Waals surface area contributed by atoms with E-state index in [-0.39, 0.29) is 11.9 Å². The van der Waals surface area contributed by atoms with Gasteiger partial charge < -0.3 is 14.0 Å². The molecule has 3 aromatic rings. The van der Waals surface area contributed by atoms with Crippen LogP contribution in [0.1, 0.15) is 49.4 Å². The summed E-state index contributed by atoms with van der Waals surface area (Å²) >= 11 is 6.02. The molecule has 0 amide bonds. The lowest BCUT2D eigenvalue weighted by Gasteiger charge is -2.29. The van der Waals surface area contributed by atoms with Gasteiger partial charge in [-0.3, -0.25) is 9.69 Å². The Hall–Kier alpha value is -2.50. The number of carbonyl (C=O) groups excluding carboxylic acids is 1. The molecule has 2 fully saturated rings. The lowest BCUT2D eigenvalue weighted by Crippen LogP contribution is -2.36. The van der Waals surface area contributed by atoms with Gasteiger partial charge in [0.25, 0.3) is 0 Å². The first kappa shape index (κ1) is 23.3. The lowest BCUT2D eigenvalue weighted by molar-refractivity contribution is 0.101. The van der Waals surface area contributed by atoms with E-state index in [1.165, 1.54) is 19.4 Å². The highest BCUT2D eigenvalue weighted by Gasteiger charge is 2.37. The average Bonchev–Trinajstić information content (AvgIpc) is 3.33. The van der Waals surface area contributed by atoms with E-state index >= 15 is 0 Å². The minimum Gasteiger partial charge on any atom is -0.495 e. The Morgan fingerprint density at radius 1 is 1.09 bits per heavy atom. The number of para-hydroxylation sites is 1. The standard InChI is InChI=1S/C28H33ClN2O3/c1-19(32)26-18-31(28-25(26)5-3-6-27(28)33-2)14-4-13-30-17-20-7-10-24(16-22(30)15-20)34-23-11-8-21(29)9-12-23/h3,5-6,8-9,11-12,18,20,22,24H,4,7,10,13-17H2,1-2H3. The Bertz CT molecular complexity index is 1160. The van der Waals surface area contributed by atoms with Crippen LogP contribution in [-0.4, -0.2) is 47.6 Å². The van der Waals surface area contributed by atoms with Gasteiger partial charge in [-0.15, -0.1) is 0 Å². The third kappa shape index (κ3) is 4.82. The highest BCUT2D eigenvalue weighted by Crippen LogP contribution is 2.36. The number of methoxy groups -OCH3 is 1. The van der Waals surface area contributed by atoms with Gasteiger partial charge in [-0.05, 0) is 75.3 Å². The van der Waals surface area contributed by atoms with Crippen LogP contribution in [0, 0.1) is 5.92 Å². The molecule has 0 N–H and O–H groups in total. The highest BCUT2D eigenvalue weighted by atomic mass is 35.5. The number of fused-ring (bicyclic) bond motifs is 3. The Morgan fingerprint density at radius 2 is 1.91 bits per heavy atom. The van der Waals surface area contributed by atoms with Crippen molar-refractivity contribution in [3.8, 4) is 11.5 Å². The molecule has 6 heteroatoms. The van der Waals surface area contributed by atoms with E-state index in [1.807, 2.05) is 48.7 Å². The van der Waals surface area contributed by atoms with E-state index in [0.717, 1.165) is 71.3 Å². The van der Waals surface area contributed by atoms with Crippen LogP contribution in [0.2, 0.25) is 5.02 Å². The van der Waals surface area contributed by atoms with Crippen molar-refractivity contribution in [3.05, 3.63) is 59.2 Å². The minimum absolute atomic E-state index is 0.0910. The predicted octanol–water partition coefficient (Wildman–Crippen LogP) is 6.22. The van der Waals surface area contributed by atoms with E-state index in [9.17, 15) is 4.79 Å². The zero-order chi connectivity index (χ0) is 23.7. The molecule has 34 heavy (non-hydrogen) atoms. The van der Waals surface area contributed by atoms with E-state index in [4.69, 9.17) is 21.1 Å². The second kappa shape index (κ2) is 10.0. The number of ether oxygens (including phenoxy) is 2. The predicted molar refractivity (Wildman–Crippen MR) is 136 cm³/mol. The first-order valence-electron chi connectivity index (χ1n) is 12.3. The van der Waals surface area contributed by atoms with Gasteiger partial charge in [-0.1, -0.05) is 23.7 Å². The molecule has 180 valence electrons. The number of benzene rings is 2. The van der Waals surface area contributed by atoms with Crippen LogP contribution in [0.15, 0.2) is 48.7 Å². The van der Waals surface area contributed by atoms with Gasteiger partial charge >= 0.3 is 0 Å². The number of hydrogen-bond donors (Lipinski definition) is 0. The maximum atomic E-state index is 12.2. The number of Topliss-reactive ketones (excluding diaryl/α,β-unsaturated/α-hetero) is 1. The molecule has 1 aromatic heterocycles. The molecular weight excluding hydrogens is 448 g/mol. The molecule has 5 nitrogen and oxygen atoms in total. The van der Waals surface area contributed by atoms with Gasteiger partial charge in [0.1, 0.15) is 17.6 Å². The minimum atomic E-state index is 0.0910. The van der Waals surface area contributed by atoms with Gasteiger partial charge in [-0.2, -0.15) is 0 Å². The van der Waals surface area contributed by atoms with Crippen molar-refractivity contribution < 1.29 is 14.3 Å². The third-order valence-electron chi connectivity index (χ3n) is 7.47. The van der Waals surface area contributed by atoms with E-state index in [2.05, 4.69) is 9.47 Å². The van der Waals surface area contributed by atoms with Gasteiger partial charge in [-0.25, -0.2) is 0 Å². The summed E-state index contributed by atoms with van der Waals surface area (Å²) in [4.78, 5) is 14.9. The highest BCUT2D eigenvalue weighted by molar-refractivity contribution is 6.30. The van der Waals surface area contributed by atoms with Crippen LogP contribution in [0.4, 0.5) is 0 Å². The number of likely N-dealkylation sites (tertiary alicyclic amines) is 1. The third-order valence-corrected chi connectivity index (χ3v) is 7.72. The number of aryl methyl sites for hydroxylation is 1. The fourth-order valence-corrected chi connectivity index (χ4v) is 5.99. The topological polar surface area (TPSA) is 43.7 Å². The summed E-state index contributed by atoms with van der Waals surface area (Å²) in [5.74, 6) is 2.59. The van der Waals surface area contributed by atoms with Crippen molar-refractivity contribution in [2.75, 3.05) is 20.2 Å². The number of hydrogen-bond acceptors (Lipinski definition) is 4. The lowest BCUT2D eigenvalue weighted by atomic mass is 10.0. The molecule has 1 saturated carbocycles. The van der Waals surface area contributed by atoms with Crippen molar-refractivity contribution in [2.24, 2.45) is 5.92 Å². The quantitative estimate of drug-likeness (QED) is 0.359. The molecule has 5 rings (SSSR count). The summed E-state index contributed by atoms with van der Waals surface area (Å²) in [5, 5.41) is 1.71. The average molecular weight is 481 g/mol. The van der Waals surface area contributed by atoms with Crippen LogP contribution in [0.3, 0.4) is 0 Å². The number of aromatic nitrogens is 1. The SMILES string of the molecule is COc1cccc2c(C(C)=O)cn(CCCN3CC4CCC(Oc5ccc(Cl)cc5)CC3C4)c12. The maximum absolute atomic E-state index is 12.2. The summed E-state index contributed by atoms with van der Waals surface area (Å²) < 4.78 is 14.1. The summed E-state index contributed by atoms with van der Waals surface area (Å²) in [5.41, 5.74) is 1.79. The van der Waals surface area contributed by atoms with Gasteiger partial charge in [0, 0.05) is 47.8 Å². The molecule has 2 bridgehead atoms. The second-order valence-electron chi connectivity index (χ2n) is 9.76. The molecule has 2 aromatic carbocycles. The van der Waals surface area contributed by atoms with E-state index in [0.29, 0.717) is 6.04 Å². The van der Waals surface area contributed by atoms with E-state index in [1.54, 1.807) is 14.0 Å². The number of rotatable bonds is 8. The summed E-state index contributed by atoms with van der Waals surface area (Å²) in [7, 11) is 1.69. The largest absolute Gasteiger partial charge is 0.495 e. The van der Waals surface area contributed by atoms with Gasteiger partial charge in [0.2, 0.25) is 0 Å². The second-order valence-corrected chi connectivity index (χ2v) is 10.2. The Kier molecular flexibility index (Phi) is 6.84. The summed E-state index contributed by atoms with van der Waals surface area (Å²) in [6.07, 6.45) is 8.00. The van der Waals surface area contributed by atoms with Crippen LogP contribution in [0.5, 0.6) is 11.5 Å². The molecule has 2 heterocycles. The zero-order valence-corrected chi connectivity index (χ0v) is 20.8. The molecular formula is C28H33ClN2O3. The normalized spacial score (nSPS) is 22.6. The Labute approximate surface area is 206 Å². The first-order chi connectivity index (χ1) is 16.5. The molecule has 3 atom stereocenters. The molecule has 1 aliphatic carbocycles. The molecule has 2 aliphatic rings. The van der Waals surface area contributed by atoms with Crippen molar-refractivity contribution in [3.63, 3.8) is 0 Å². The van der Waals surface area contributed by atoms with Crippen LogP contribution < -0.4 is 9.47 Å². The van der Waals surface area contributed by atoms with Crippen molar-refractivity contribution in [1.29, 1.82) is 0 Å². The van der Waals surface area contributed by atoms with E-state index < -0.39 is 0 Å².